The van der Waals surface area contributed by atoms with Crippen LogP contribution in [0.25, 0.3) is 32.3 Å². The zero-order valence-electron chi connectivity index (χ0n) is 21.3. The molecular weight excluding hydrogens is 468 g/mol. The predicted molar refractivity (Wildman–Crippen MR) is 147 cm³/mol. The molecule has 3 heterocycles. The highest BCUT2D eigenvalue weighted by atomic mass is 32.1. The molecule has 4 aromatic rings. The van der Waals surface area contributed by atoms with Crippen molar-refractivity contribution in [1.82, 2.24) is 9.55 Å². The van der Waals surface area contributed by atoms with Gasteiger partial charge in [0, 0.05) is 55.8 Å². The highest BCUT2D eigenvalue weighted by molar-refractivity contribution is 7.18. The number of hydrogen-bond acceptors (Lipinski definition) is 5. The van der Waals surface area contributed by atoms with Gasteiger partial charge < -0.3 is 14.0 Å². The average Bonchev–Trinajstić information content (AvgIpc) is 3.37. The van der Waals surface area contributed by atoms with E-state index in [0.29, 0.717) is 19.1 Å². The fourth-order valence-electron chi connectivity index (χ4n) is 4.86. The maximum absolute atomic E-state index is 12.7. The van der Waals surface area contributed by atoms with Crippen molar-refractivity contribution in [2.24, 2.45) is 5.92 Å². The number of aromatic nitrogens is 2. The Labute approximate surface area is 216 Å². The lowest BCUT2D eigenvalue weighted by atomic mass is 9.86. The van der Waals surface area contributed by atoms with E-state index in [1.807, 2.05) is 37.5 Å². The number of fused-ring (bicyclic) bond motifs is 3. The van der Waals surface area contributed by atoms with Gasteiger partial charge in [-0.1, -0.05) is 44.2 Å². The first-order valence-electron chi connectivity index (χ1n) is 12.5. The van der Waals surface area contributed by atoms with E-state index in [1.54, 1.807) is 24.5 Å². The molecule has 186 valence electrons. The van der Waals surface area contributed by atoms with Crippen molar-refractivity contribution in [3.63, 3.8) is 0 Å². The molecule has 0 aliphatic carbocycles. The number of aryl methyl sites for hydroxylation is 1. The van der Waals surface area contributed by atoms with E-state index in [1.165, 1.54) is 5.56 Å². The van der Waals surface area contributed by atoms with Gasteiger partial charge in [-0.2, -0.15) is 0 Å². The quantitative estimate of drug-likeness (QED) is 0.250. The Morgan fingerprint density at radius 1 is 1.11 bits per heavy atom. The molecule has 2 aromatic carbocycles. The summed E-state index contributed by atoms with van der Waals surface area (Å²) in [5, 5.41) is 0.908. The van der Waals surface area contributed by atoms with E-state index < -0.39 is 0 Å². The molecule has 6 heteroatoms. The van der Waals surface area contributed by atoms with Crippen molar-refractivity contribution in [1.29, 1.82) is 0 Å². The summed E-state index contributed by atoms with van der Waals surface area (Å²) < 4.78 is 13.8. The van der Waals surface area contributed by atoms with Gasteiger partial charge in [-0.05, 0) is 42.5 Å². The number of nitrogens with zero attached hydrogens (tertiary/aromatic N) is 2. The molecule has 0 saturated carbocycles. The Morgan fingerprint density at radius 3 is 2.67 bits per heavy atom. The molecule has 1 aliphatic rings. The number of pyridine rings is 1. The second-order valence-electron chi connectivity index (χ2n) is 9.72. The van der Waals surface area contributed by atoms with Gasteiger partial charge in [-0.15, -0.1) is 11.3 Å². The van der Waals surface area contributed by atoms with Crippen molar-refractivity contribution in [3.8, 4) is 38.0 Å². The lowest BCUT2D eigenvalue weighted by molar-refractivity contribution is 0.172. The number of hydrogen-bond donors (Lipinski definition) is 0. The van der Waals surface area contributed by atoms with Crippen LogP contribution in [0.4, 0.5) is 0 Å². The molecule has 0 radical (unpaired) electrons. The molecule has 0 fully saturated rings. The zero-order chi connectivity index (χ0) is 25.2. The minimum absolute atomic E-state index is 0.0682. The molecule has 1 aliphatic heterocycles. The number of ether oxygens (including phenoxy) is 2. The van der Waals surface area contributed by atoms with E-state index in [4.69, 9.17) is 14.5 Å². The second-order valence-corrected chi connectivity index (χ2v) is 10.8. The van der Waals surface area contributed by atoms with E-state index in [9.17, 15) is 4.79 Å². The molecule has 36 heavy (non-hydrogen) atoms. The Kier molecular flexibility index (Phi) is 7.08. The molecule has 0 spiro atoms. The fraction of sp³-hybridized carbons (Fsp3) is 0.333. The fourth-order valence-corrected chi connectivity index (χ4v) is 5.80. The van der Waals surface area contributed by atoms with Gasteiger partial charge in [0.2, 0.25) is 0 Å². The van der Waals surface area contributed by atoms with Crippen LogP contribution in [0, 0.1) is 12.8 Å². The Morgan fingerprint density at radius 2 is 1.92 bits per heavy atom. The molecule has 0 bridgehead atoms. The van der Waals surface area contributed by atoms with Crippen molar-refractivity contribution >= 4 is 11.3 Å². The highest BCUT2D eigenvalue weighted by Gasteiger charge is 2.28. The van der Waals surface area contributed by atoms with Crippen LogP contribution >= 0.6 is 11.3 Å². The van der Waals surface area contributed by atoms with Gasteiger partial charge >= 0.3 is 0 Å². The van der Waals surface area contributed by atoms with Crippen molar-refractivity contribution in [2.45, 2.75) is 39.7 Å². The second kappa shape index (κ2) is 10.4. The van der Waals surface area contributed by atoms with Crippen LogP contribution < -0.4 is 10.2 Å². The third kappa shape index (κ3) is 4.75. The maximum atomic E-state index is 12.7. The highest BCUT2D eigenvalue weighted by Crippen LogP contribution is 2.44. The van der Waals surface area contributed by atoms with Crippen LogP contribution in [0.1, 0.15) is 37.4 Å². The maximum Gasteiger partial charge on any atom is 0.185 e. The number of benzene rings is 2. The van der Waals surface area contributed by atoms with Crippen LogP contribution in [0.2, 0.25) is 0 Å². The molecular formula is C30H32N2O3S. The van der Waals surface area contributed by atoms with Gasteiger partial charge in [0.05, 0.1) is 22.7 Å². The summed E-state index contributed by atoms with van der Waals surface area (Å²) in [6, 6.07) is 16.7. The third-order valence-electron chi connectivity index (χ3n) is 6.85. The zero-order valence-corrected chi connectivity index (χ0v) is 22.1. The lowest BCUT2D eigenvalue weighted by Gasteiger charge is -2.34. The molecule has 5 rings (SSSR count). The van der Waals surface area contributed by atoms with Crippen LogP contribution in [0.5, 0.6) is 5.75 Å². The standard InChI is InChI=1S/C30H32N2O3S/c1-19(2)25-13-22-14-28(35-12-8-11-34-4)24(15-23(22)26-16-27(33)20(3)18-32(25)26)30-31-17-29(36-30)21-9-6-5-7-10-21/h5-7,9-10,14-19,25H,8,11-13H2,1-4H3. The normalized spacial score (nSPS) is 14.5. The summed E-state index contributed by atoms with van der Waals surface area (Å²) in [4.78, 5) is 18.6. The SMILES string of the molecule is COCCCOc1cc2c(cc1-c1ncc(-c3ccccc3)s1)-c1cc(=O)c(C)cn1C(C(C)C)C2. The molecule has 0 amide bonds. The van der Waals surface area contributed by atoms with E-state index >= 15 is 0 Å². The van der Waals surface area contributed by atoms with Crippen LogP contribution in [-0.2, 0) is 11.2 Å². The summed E-state index contributed by atoms with van der Waals surface area (Å²) in [7, 11) is 1.71. The predicted octanol–water partition coefficient (Wildman–Crippen LogP) is 6.78. The average molecular weight is 501 g/mol. The summed E-state index contributed by atoms with van der Waals surface area (Å²) in [5.74, 6) is 1.26. The van der Waals surface area contributed by atoms with Crippen LogP contribution in [0.3, 0.4) is 0 Å². The minimum atomic E-state index is 0.0682. The summed E-state index contributed by atoms with van der Waals surface area (Å²) in [6.07, 6.45) is 5.66. The largest absolute Gasteiger partial charge is 0.493 e. The summed E-state index contributed by atoms with van der Waals surface area (Å²) in [5.41, 5.74) is 6.21. The number of thiazole rings is 1. The smallest absolute Gasteiger partial charge is 0.185 e. The van der Waals surface area contributed by atoms with Gasteiger partial charge in [-0.3, -0.25) is 4.79 Å². The molecule has 5 nitrogen and oxygen atoms in total. The summed E-state index contributed by atoms with van der Waals surface area (Å²) in [6.45, 7) is 7.60. The number of rotatable bonds is 8. The third-order valence-corrected chi connectivity index (χ3v) is 7.93. The molecule has 0 saturated heterocycles. The van der Waals surface area contributed by atoms with Crippen molar-refractivity contribution in [2.75, 3.05) is 20.3 Å². The topological polar surface area (TPSA) is 53.4 Å². The van der Waals surface area contributed by atoms with Gasteiger partial charge in [0.25, 0.3) is 0 Å². The van der Waals surface area contributed by atoms with Gasteiger partial charge in [0.1, 0.15) is 10.8 Å². The van der Waals surface area contributed by atoms with E-state index in [-0.39, 0.29) is 11.5 Å². The summed E-state index contributed by atoms with van der Waals surface area (Å²) >= 11 is 1.66. The van der Waals surface area contributed by atoms with Crippen LogP contribution in [-0.4, -0.2) is 29.9 Å². The molecule has 2 aromatic heterocycles. The van der Waals surface area contributed by atoms with Crippen LogP contribution in [0.15, 0.2) is 65.7 Å². The molecule has 0 N–H and O–H groups in total. The van der Waals surface area contributed by atoms with E-state index in [0.717, 1.165) is 56.4 Å². The first kappa shape index (κ1) is 24.5. The minimum Gasteiger partial charge on any atom is -0.493 e. The van der Waals surface area contributed by atoms with Crippen molar-refractivity contribution in [3.05, 3.63) is 82.3 Å². The Bertz CT molecular complexity index is 1420. The molecule has 1 atom stereocenters. The lowest BCUT2D eigenvalue weighted by Crippen LogP contribution is -2.26. The monoisotopic (exact) mass is 500 g/mol. The Hall–Kier alpha value is -3.22. The molecule has 1 unspecified atom stereocenters. The number of methoxy groups -OCH3 is 1. The van der Waals surface area contributed by atoms with E-state index in [2.05, 4.69) is 42.7 Å². The van der Waals surface area contributed by atoms with Crippen molar-refractivity contribution < 1.29 is 9.47 Å². The Balaban J connectivity index is 1.64. The first-order valence-corrected chi connectivity index (χ1v) is 13.3. The first-order chi connectivity index (χ1) is 17.5. The van der Waals surface area contributed by atoms with Gasteiger partial charge in [0.15, 0.2) is 5.43 Å². The van der Waals surface area contributed by atoms with Gasteiger partial charge in [-0.25, -0.2) is 4.98 Å².